The van der Waals surface area contributed by atoms with E-state index in [4.69, 9.17) is 5.53 Å². The Morgan fingerprint density at radius 2 is 2.50 bits per heavy atom. The maximum absolute atomic E-state index is 7.75. The molecule has 0 aromatic heterocycles. The van der Waals surface area contributed by atoms with Gasteiger partial charge in [0, 0.05) is 11.5 Å². The summed E-state index contributed by atoms with van der Waals surface area (Å²) in [6.45, 7) is 0.896. The van der Waals surface area contributed by atoms with Crippen LogP contribution in [-0.4, -0.2) is 13.2 Å². The maximum Gasteiger partial charge on any atom is 0.0680 e. The Kier molecular flexibility index (Phi) is 5.63. The molecule has 0 atom stereocenters. The Hall–Kier alpha value is -0.770. The molecule has 0 fully saturated rings. The summed E-state index contributed by atoms with van der Waals surface area (Å²) >= 11 is 0. The summed E-state index contributed by atoms with van der Waals surface area (Å²) in [5.41, 5.74) is 7.75. The van der Waals surface area contributed by atoms with Gasteiger partial charge in [-0.3, -0.25) is 0 Å². The lowest BCUT2D eigenvalue weighted by atomic mass is 10.5. The molecule has 0 saturated carbocycles. The molecule has 0 aromatic rings. The summed E-state index contributed by atoms with van der Waals surface area (Å²) in [5.74, 6) is 4.68. The number of azide groups is 1. The van der Waals surface area contributed by atoms with Crippen molar-refractivity contribution in [3.8, 4) is 0 Å². The van der Waals surface area contributed by atoms with Crippen LogP contribution in [0.2, 0.25) is 0 Å². The van der Waals surface area contributed by atoms with E-state index in [9.17, 15) is 0 Å². The van der Waals surface area contributed by atoms with Crippen LogP contribution in [0.4, 0.5) is 0 Å². The van der Waals surface area contributed by atoms with Gasteiger partial charge in [0.1, 0.15) is 0 Å². The second kappa shape index (κ2) is 6.23. The van der Waals surface area contributed by atoms with Crippen molar-refractivity contribution in [3.05, 3.63) is 10.4 Å². The molecule has 8 heavy (non-hydrogen) atoms. The molecule has 0 aliphatic rings. The van der Waals surface area contributed by atoms with Crippen molar-refractivity contribution in [2.24, 2.45) is 11.0 Å². The summed E-state index contributed by atoms with van der Waals surface area (Å²) in [7, 11) is 0. The molecule has 0 aromatic carbocycles. The van der Waals surface area contributed by atoms with Crippen LogP contribution < -0.4 is 5.90 Å². The molecule has 0 amide bonds. The zero-order valence-corrected chi connectivity index (χ0v) is 4.45. The maximum atomic E-state index is 7.75. The summed E-state index contributed by atoms with van der Waals surface area (Å²) in [5, 5.41) is 3.25. The molecule has 0 aliphatic heterocycles. The Labute approximate surface area is 47.0 Å². The third kappa shape index (κ3) is 5.23. The fraction of sp³-hybridized carbons (Fsp3) is 1.00. The number of rotatable bonds is 4. The minimum absolute atomic E-state index is 0.443. The van der Waals surface area contributed by atoms with Crippen LogP contribution in [0, 0.1) is 0 Å². The van der Waals surface area contributed by atoms with E-state index >= 15 is 0 Å². The largest absolute Gasteiger partial charge is 0.305 e. The summed E-state index contributed by atoms with van der Waals surface area (Å²) in [6.07, 6.45) is 0.681. The molecule has 0 bridgehead atoms. The highest BCUT2D eigenvalue weighted by molar-refractivity contribution is 4.44. The number of nitrogens with two attached hydrogens (primary N) is 1. The molecule has 0 heterocycles. The van der Waals surface area contributed by atoms with Gasteiger partial charge in [0.05, 0.1) is 6.61 Å². The summed E-state index contributed by atoms with van der Waals surface area (Å²) < 4.78 is 0. The lowest BCUT2D eigenvalue weighted by molar-refractivity contribution is 0.137. The van der Waals surface area contributed by atoms with Crippen LogP contribution in [0.15, 0.2) is 5.11 Å². The fourth-order valence-electron chi connectivity index (χ4n) is 0.263. The van der Waals surface area contributed by atoms with Crippen LogP contribution in [0.3, 0.4) is 0 Å². The van der Waals surface area contributed by atoms with E-state index in [1.54, 1.807) is 0 Å². The highest BCUT2D eigenvalue weighted by Crippen LogP contribution is 1.79. The van der Waals surface area contributed by atoms with Crippen LogP contribution in [0.1, 0.15) is 6.42 Å². The predicted octanol–water partition coefficient (Wildman–Crippen LogP) is 0.577. The van der Waals surface area contributed by atoms with E-state index in [-0.39, 0.29) is 0 Å². The molecule has 0 spiro atoms. The van der Waals surface area contributed by atoms with Gasteiger partial charge in [-0.15, -0.1) is 0 Å². The van der Waals surface area contributed by atoms with Gasteiger partial charge < -0.3 is 4.84 Å². The van der Waals surface area contributed by atoms with Gasteiger partial charge in [-0.05, 0) is 12.0 Å². The first-order valence-electron chi connectivity index (χ1n) is 2.24. The van der Waals surface area contributed by atoms with Crippen LogP contribution in [-0.2, 0) is 4.84 Å². The van der Waals surface area contributed by atoms with Gasteiger partial charge in [0.2, 0.25) is 0 Å². The van der Waals surface area contributed by atoms with Crippen molar-refractivity contribution >= 4 is 0 Å². The smallest absolute Gasteiger partial charge is 0.0680 e. The normalized spacial score (nSPS) is 8.12. The fourth-order valence-corrected chi connectivity index (χ4v) is 0.263. The van der Waals surface area contributed by atoms with E-state index in [1.165, 1.54) is 0 Å². The molecule has 0 unspecified atom stereocenters. The molecular formula is C3H8N4O. The van der Waals surface area contributed by atoms with Crippen molar-refractivity contribution in [1.82, 2.24) is 0 Å². The molecule has 2 N–H and O–H groups in total. The lowest BCUT2D eigenvalue weighted by Crippen LogP contribution is -2.01. The van der Waals surface area contributed by atoms with Crippen molar-refractivity contribution < 1.29 is 4.84 Å². The second-order valence-electron chi connectivity index (χ2n) is 1.18. The molecule has 5 nitrogen and oxygen atoms in total. The highest BCUT2D eigenvalue weighted by atomic mass is 16.6. The first-order valence-corrected chi connectivity index (χ1v) is 2.24. The van der Waals surface area contributed by atoms with Gasteiger partial charge in [-0.25, -0.2) is 5.90 Å². The van der Waals surface area contributed by atoms with Gasteiger partial charge in [0.15, 0.2) is 0 Å². The predicted molar refractivity (Wildman–Crippen MR) is 28.8 cm³/mol. The topological polar surface area (TPSA) is 84.0 Å². The zero-order valence-electron chi connectivity index (χ0n) is 4.45. The van der Waals surface area contributed by atoms with E-state index in [1.807, 2.05) is 0 Å². The molecule has 0 saturated heterocycles. The standard InChI is InChI=1S/C3H8N4O/c4-7-6-2-1-3-8-5/h1-3,5H2. The van der Waals surface area contributed by atoms with E-state index < -0.39 is 0 Å². The number of hydrogen-bond donors (Lipinski definition) is 1. The van der Waals surface area contributed by atoms with Crippen molar-refractivity contribution in [3.63, 3.8) is 0 Å². The Morgan fingerprint density at radius 1 is 1.75 bits per heavy atom. The second-order valence-corrected chi connectivity index (χ2v) is 1.18. The van der Waals surface area contributed by atoms with Gasteiger partial charge in [-0.2, -0.15) is 0 Å². The molecule has 5 heteroatoms. The SMILES string of the molecule is [N-]=[N+]=NCCCON. The number of nitrogens with zero attached hydrogens (tertiary/aromatic N) is 3. The van der Waals surface area contributed by atoms with Crippen LogP contribution >= 0.6 is 0 Å². The monoisotopic (exact) mass is 116 g/mol. The van der Waals surface area contributed by atoms with Crippen molar-refractivity contribution in [2.45, 2.75) is 6.42 Å². The first-order chi connectivity index (χ1) is 3.91. The van der Waals surface area contributed by atoms with Crippen LogP contribution in [0.25, 0.3) is 10.4 Å². The Balaban J connectivity index is 2.82. The van der Waals surface area contributed by atoms with E-state index in [0.29, 0.717) is 19.6 Å². The first kappa shape index (κ1) is 7.23. The lowest BCUT2D eigenvalue weighted by Gasteiger charge is -1.89. The summed E-state index contributed by atoms with van der Waals surface area (Å²) in [6, 6.07) is 0. The third-order valence-electron chi connectivity index (χ3n) is 0.584. The summed E-state index contributed by atoms with van der Waals surface area (Å²) in [4.78, 5) is 6.74. The molecule has 0 radical (unpaired) electrons. The van der Waals surface area contributed by atoms with Gasteiger partial charge in [-0.1, -0.05) is 5.11 Å². The van der Waals surface area contributed by atoms with Gasteiger partial charge >= 0.3 is 0 Å². The van der Waals surface area contributed by atoms with Crippen molar-refractivity contribution in [2.75, 3.05) is 13.2 Å². The average molecular weight is 116 g/mol. The van der Waals surface area contributed by atoms with Gasteiger partial charge in [0.25, 0.3) is 0 Å². The molecular weight excluding hydrogens is 108 g/mol. The van der Waals surface area contributed by atoms with Crippen LogP contribution in [0.5, 0.6) is 0 Å². The minimum Gasteiger partial charge on any atom is -0.305 e. The molecule has 46 valence electrons. The van der Waals surface area contributed by atoms with E-state index in [2.05, 4.69) is 20.8 Å². The average Bonchev–Trinajstić information content (AvgIpc) is 1.81. The van der Waals surface area contributed by atoms with E-state index in [0.717, 1.165) is 0 Å². The zero-order chi connectivity index (χ0) is 6.24. The quantitative estimate of drug-likeness (QED) is 0.191. The third-order valence-corrected chi connectivity index (χ3v) is 0.584. The Bertz CT molecular complexity index is 87.3. The molecule has 0 aliphatic carbocycles. The Morgan fingerprint density at radius 3 is 3.00 bits per heavy atom. The number of hydrogen-bond acceptors (Lipinski definition) is 3. The molecule has 0 rings (SSSR count). The highest BCUT2D eigenvalue weighted by Gasteiger charge is 1.79. The minimum atomic E-state index is 0.443. The van der Waals surface area contributed by atoms with Crippen molar-refractivity contribution in [1.29, 1.82) is 0 Å².